The van der Waals surface area contributed by atoms with E-state index in [4.69, 9.17) is 5.73 Å². The number of nitrogens with two attached hydrogens (primary N) is 1. The topological polar surface area (TPSA) is 55.1 Å². The Balaban J connectivity index is 2.09. The van der Waals surface area contributed by atoms with Crippen molar-refractivity contribution in [3.8, 4) is 0 Å². The van der Waals surface area contributed by atoms with Gasteiger partial charge < -0.3 is 11.1 Å². The summed E-state index contributed by atoms with van der Waals surface area (Å²) in [6.45, 7) is 3.42. The molecule has 0 radical (unpaired) electrons. The molecule has 0 aromatic rings. The molecule has 3 N–H and O–H groups in total. The lowest BCUT2D eigenvalue weighted by molar-refractivity contribution is -0.122. The first-order chi connectivity index (χ1) is 6.72. The van der Waals surface area contributed by atoms with Crippen LogP contribution in [0.25, 0.3) is 0 Å². The van der Waals surface area contributed by atoms with Crippen LogP contribution in [0, 0.1) is 11.8 Å². The van der Waals surface area contributed by atoms with Gasteiger partial charge in [0.25, 0.3) is 0 Å². The second kappa shape index (κ2) is 6.02. The van der Waals surface area contributed by atoms with E-state index in [-0.39, 0.29) is 5.91 Å². The number of hydrogen-bond acceptors (Lipinski definition) is 2. The number of amides is 1. The Morgan fingerprint density at radius 2 is 2.14 bits per heavy atom. The van der Waals surface area contributed by atoms with Crippen molar-refractivity contribution in [1.82, 2.24) is 5.32 Å². The summed E-state index contributed by atoms with van der Waals surface area (Å²) in [6.07, 6.45) is 5.80. The molecule has 1 aliphatic carbocycles. The minimum Gasteiger partial charge on any atom is -0.356 e. The molecular weight excluding hydrogens is 176 g/mol. The average molecular weight is 198 g/mol. The monoisotopic (exact) mass is 198 g/mol. The van der Waals surface area contributed by atoms with E-state index in [1.807, 2.05) is 0 Å². The highest BCUT2D eigenvalue weighted by atomic mass is 16.1. The molecular formula is C11H22N2O. The first-order valence-electron chi connectivity index (χ1n) is 5.69. The van der Waals surface area contributed by atoms with E-state index in [1.165, 1.54) is 25.7 Å². The summed E-state index contributed by atoms with van der Waals surface area (Å²) in [5.41, 5.74) is 5.47. The van der Waals surface area contributed by atoms with Gasteiger partial charge in [-0.2, -0.15) is 0 Å². The minimum absolute atomic E-state index is 0.206. The Hall–Kier alpha value is -0.570. The largest absolute Gasteiger partial charge is 0.356 e. The predicted molar refractivity (Wildman–Crippen MR) is 57.8 cm³/mol. The molecule has 1 rings (SSSR count). The molecule has 0 saturated heterocycles. The summed E-state index contributed by atoms with van der Waals surface area (Å²) >= 11 is 0. The summed E-state index contributed by atoms with van der Waals surface area (Å²) in [7, 11) is 0. The van der Waals surface area contributed by atoms with Crippen molar-refractivity contribution in [2.75, 3.05) is 13.1 Å². The van der Waals surface area contributed by atoms with Gasteiger partial charge in [0, 0.05) is 13.0 Å². The Morgan fingerprint density at radius 1 is 1.50 bits per heavy atom. The second-order valence-electron chi connectivity index (χ2n) is 4.50. The van der Waals surface area contributed by atoms with Crippen molar-refractivity contribution in [2.24, 2.45) is 17.6 Å². The third-order valence-corrected chi connectivity index (χ3v) is 3.00. The molecule has 14 heavy (non-hydrogen) atoms. The van der Waals surface area contributed by atoms with E-state index < -0.39 is 0 Å². The molecule has 3 heteroatoms. The van der Waals surface area contributed by atoms with Crippen molar-refractivity contribution in [1.29, 1.82) is 0 Å². The lowest BCUT2D eigenvalue weighted by Crippen LogP contribution is -2.32. The van der Waals surface area contributed by atoms with Gasteiger partial charge in [0.05, 0.1) is 0 Å². The Kier molecular flexibility index (Phi) is 4.94. The standard InChI is InChI=1S/C11H22N2O/c1-9(7-12)8-13-11(14)6-10-4-2-3-5-10/h9-10H,2-8,12H2,1H3,(H,13,14). The predicted octanol–water partition coefficient (Wildman–Crippen LogP) is 1.28. The number of hydrogen-bond donors (Lipinski definition) is 2. The molecule has 0 aromatic carbocycles. The zero-order valence-electron chi connectivity index (χ0n) is 9.09. The molecule has 82 valence electrons. The summed E-state index contributed by atoms with van der Waals surface area (Å²) in [5, 5.41) is 2.94. The molecule has 3 nitrogen and oxygen atoms in total. The van der Waals surface area contributed by atoms with Crippen molar-refractivity contribution >= 4 is 5.91 Å². The number of carbonyl (C=O) groups excluding carboxylic acids is 1. The molecule has 0 aromatic heterocycles. The van der Waals surface area contributed by atoms with Crippen LogP contribution in [0.5, 0.6) is 0 Å². The quantitative estimate of drug-likeness (QED) is 0.699. The van der Waals surface area contributed by atoms with Crippen LogP contribution in [0.3, 0.4) is 0 Å². The molecule has 0 aliphatic heterocycles. The van der Waals surface area contributed by atoms with Crippen molar-refractivity contribution in [3.63, 3.8) is 0 Å². The van der Waals surface area contributed by atoms with Gasteiger partial charge in [-0.05, 0) is 31.2 Å². The summed E-state index contributed by atoms with van der Waals surface area (Å²) in [4.78, 5) is 11.5. The zero-order valence-corrected chi connectivity index (χ0v) is 9.09. The van der Waals surface area contributed by atoms with Gasteiger partial charge in [-0.15, -0.1) is 0 Å². The Morgan fingerprint density at radius 3 is 2.71 bits per heavy atom. The Labute approximate surface area is 86.4 Å². The van der Waals surface area contributed by atoms with Crippen LogP contribution in [-0.2, 0) is 4.79 Å². The molecule has 0 spiro atoms. The Bertz CT molecular complexity index is 176. The third-order valence-electron chi connectivity index (χ3n) is 3.00. The normalized spacial score (nSPS) is 19.6. The third kappa shape index (κ3) is 4.09. The van der Waals surface area contributed by atoms with Crippen LogP contribution in [0.15, 0.2) is 0 Å². The van der Waals surface area contributed by atoms with Crippen molar-refractivity contribution in [2.45, 2.75) is 39.0 Å². The lowest BCUT2D eigenvalue weighted by Gasteiger charge is -2.12. The summed E-state index contributed by atoms with van der Waals surface area (Å²) in [5.74, 6) is 1.24. The number of nitrogens with one attached hydrogen (secondary N) is 1. The van der Waals surface area contributed by atoms with Crippen LogP contribution < -0.4 is 11.1 Å². The summed E-state index contributed by atoms with van der Waals surface area (Å²) < 4.78 is 0. The van der Waals surface area contributed by atoms with Crippen LogP contribution >= 0.6 is 0 Å². The van der Waals surface area contributed by atoms with Gasteiger partial charge in [-0.1, -0.05) is 19.8 Å². The maximum Gasteiger partial charge on any atom is 0.220 e. The van der Waals surface area contributed by atoms with Crippen LogP contribution in [0.4, 0.5) is 0 Å². The average Bonchev–Trinajstić information content (AvgIpc) is 2.66. The van der Waals surface area contributed by atoms with E-state index in [1.54, 1.807) is 0 Å². The maximum atomic E-state index is 11.5. The molecule has 0 heterocycles. The van der Waals surface area contributed by atoms with Crippen molar-refractivity contribution in [3.05, 3.63) is 0 Å². The fourth-order valence-electron chi connectivity index (χ4n) is 1.92. The number of carbonyl (C=O) groups is 1. The van der Waals surface area contributed by atoms with E-state index in [9.17, 15) is 4.79 Å². The highest BCUT2D eigenvalue weighted by Gasteiger charge is 2.18. The summed E-state index contributed by atoms with van der Waals surface area (Å²) in [6, 6.07) is 0. The van der Waals surface area contributed by atoms with Gasteiger partial charge in [-0.25, -0.2) is 0 Å². The molecule has 1 aliphatic rings. The van der Waals surface area contributed by atoms with E-state index >= 15 is 0 Å². The van der Waals surface area contributed by atoms with Crippen LogP contribution in [0.1, 0.15) is 39.0 Å². The molecule has 1 unspecified atom stereocenters. The van der Waals surface area contributed by atoms with Gasteiger partial charge in [0.2, 0.25) is 5.91 Å². The molecule has 1 saturated carbocycles. The highest BCUT2D eigenvalue weighted by Crippen LogP contribution is 2.27. The van der Waals surface area contributed by atoms with Crippen molar-refractivity contribution < 1.29 is 4.79 Å². The van der Waals surface area contributed by atoms with Gasteiger partial charge in [0.1, 0.15) is 0 Å². The second-order valence-corrected chi connectivity index (χ2v) is 4.50. The zero-order chi connectivity index (χ0) is 10.4. The van der Waals surface area contributed by atoms with Gasteiger partial charge in [0.15, 0.2) is 0 Å². The van der Waals surface area contributed by atoms with Gasteiger partial charge >= 0.3 is 0 Å². The van der Waals surface area contributed by atoms with Gasteiger partial charge in [-0.3, -0.25) is 4.79 Å². The molecule has 1 amide bonds. The van der Waals surface area contributed by atoms with E-state index in [2.05, 4.69) is 12.2 Å². The minimum atomic E-state index is 0.206. The first-order valence-corrected chi connectivity index (χ1v) is 5.69. The fourth-order valence-corrected chi connectivity index (χ4v) is 1.92. The van der Waals surface area contributed by atoms with E-state index in [0.29, 0.717) is 18.4 Å². The lowest BCUT2D eigenvalue weighted by atomic mass is 10.0. The smallest absolute Gasteiger partial charge is 0.220 e. The fraction of sp³-hybridized carbons (Fsp3) is 0.909. The number of rotatable bonds is 5. The highest BCUT2D eigenvalue weighted by molar-refractivity contribution is 5.76. The van der Waals surface area contributed by atoms with Crippen LogP contribution in [0.2, 0.25) is 0 Å². The molecule has 0 bridgehead atoms. The van der Waals surface area contributed by atoms with E-state index in [0.717, 1.165) is 13.0 Å². The van der Waals surface area contributed by atoms with Crippen LogP contribution in [-0.4, -0.2) is 19.0 Å². The SMILES string of the molecule is CC(CN)CNC(=O)CC1CCCC1. The molecule has 1 fully saturated rings. The first kappa shape index (κ1) is 11.5. The molecule has 1 atom stereocenters. The maximum absolute atomic E-state index is 11.5.